The van der Waals surface area contributed by atoms with Crippen LogP contribution in [-0.2, 0) is 6.54 Å². The standard InChI is InChI=1S/C29H31N5S/c1-4-28(35)20(3)19(2)16-32-25-9-10-26-24(13-25)18-33-17-23(22-7-5-21(15-30)6-8-22)14-27(33)29-31-11-12-34(26)29/h5-14,17,19-20,28,32,35H,4,16,18H2,1-3H3. The quantitative estimate of drug-likeness (QED) is 0.256. The smallest absolute Gasteiger partial charge is 0.161 e. The summed E-state index contributed by atoms with van der Waals surface area (Å²) in [7, 11) is 0. The number of hydrogen-bond acceptors (Lipinski definition) is 4. The van der Waals surface area contributed by atoms with E-state index in [1.165, 1.54) is 5.56 Å². The van der Waals surface area contributed by atoms with E-state index in [0.717, 1.165) is 53.5 Å². The summed E-state index contributed by atoms with van der Waals surface area (Å²) < 4.78 is 4.46. The average Bonchev–Trinajstić information content (AvgIpc) is 3.51. The molecule has 178 valence electrons. The summed E-state index contributed by atoms with van der Waals surface area (Å²) in [6, 6.07) is 18.8. The molecule has 35 heavy (non-hydrogen) atoms. The second-order valence-electron chi connectivity index (χ2n) is 9.59. The molecule has 0 saturated heterocycles. The molecule has 0 bridgehead atoms. The summed E-state index contributed by atoms with van der Waals surface area (Å²) >= 11 is 4.75. The molecular weight excluding hydrogens is 450 g/mol. The fourth-order valence-electron chi connectivity index (χ4n) is 4.87. The lowest BCUT2D eigenvalue weighted by molar-refractivity contribution is 0.388. The van der Waals surface area contributed by atoms with Gasteiger partial charge in [0.25, 0.3) is 0 Å². The molecule has 5 rings (SSSR count). The van der Waals surface area contributed by atoms with Crippen LogP contribution in [0.4, 0.5) is 5.69 Å². The number of thiol groups is 1. The first-order valence-corrected chi connectivity index (χ1v) is 12.8. The molecule has 3 heterocycles. The Bertz CT molecular complexity index is 1380. The van der Waals surface area contributed by atoms with Crippen molar-refractivity contribution in [2.45, 2.75) is 39.0 Å². The highest BCUT2D eigenvalue weighted by atomic mass is 32.1. The van der Waals surface area contributed by atoms with E-state index in [0.29, 0.717) is 22.6 Å². The molecule has 0 radical (unpaired) electrons. The van der Waals surface area contributed by atoms with E-state index in [1.807, 2.05) is 36.7 Å². The maximum atomic E-state index is 9.12. The Morgan fingerprint density at radius 3 is 2.66 bits per heavy atom. The van der Waals surface area contributed by atoms with Crippen molar-refractivity contribution in [1.82, 2.24) is 14.1 Å². The minimum atomic E-state index is 0.427. The number of benzene rings is 2. The Hall–Kier alpha value is -3.43. The maximum Gasteiger partial charge on any atom is 0.161 e. The molecule has 0 spiro atoms. The van der Waals surface area contributed by atoms with E-state index >= 15 is 0 Å². The Kier molecular flexibility index (Phi) is 6.44. The lowest BCUT2D eigenvalue weighted by atomic mass is 9.91. The van der Waals surface area contributed by atoms with Gasteiger partial charge in [-0.15, -0.1) is 0 Å². The lowest BCUT2D eigenvalue weighted by Gasteiger charge is -2.25. The number of anilines is 1. The molecule has 1 aliphatic rings. The topological polar surface area (TPSA) is 58.6 Å². The molecule has 0 aliphatic carbocycles. The number of nitrogens with zero attached hydrogens (tertiary/aromatic N) is 4. The van der Waals surface area contributed by atoms with E-state index in [-0.39, 0.29) is 0 Å². The second kappa shape index (κ2) is 9.67. The van der Waals surface area contributed by atoms with Crippen molar-refractivity contribution < 1.29 is 0 Å². The summed E-state index contributed by atoms with van der Waals surface area (Å²) in [5, 5.41) is 13.2. The first-order chi connectivity index (χ1) is 17.0. The SMILES string of the molecule is CCC(S)C(C)C(C)CNc1ccc2c(c1)Cn1cc(-c3ccc(C#N)cc3)cc1-c1nccn1-2. The van der Waals surface area contributed by atoms with Crippen LogP contribution in [0.3, 0.4) is 0 Å². The molecule has 4 aromatic rings. The van der Waals surface area contributed by atoms with Gasteiger partial charge in [0.15, 0.2) is 5.82 Å². The molecule has 2 aromatic heterocycles. The van der Waals surface area contributed by atoms with Crippen LogP contribution in [-0.4, -0.2) is 25.9 Å². The van der Waals surface area contributed by atoms with Crippen LogP contribution in [0.5, 0.6) is 0 Å². The van der Waals surface area contributed by atoms with Crippen molar-refractivity contribution in [1.29, 1.82) is 5.26 Å². The van der Waals surface area contributed by atoms with Crippen molar-refractivity contribution >= 4 is 18.3 Å². The third-order valence-electron chi connectivity index (χ3n) is 7.34. The first kappa shape index (κ1) is 23.3. The number of nitrogens with one attached hydrogen (secondary N) is 1. The predicted octanol–water partition coefficient (Wildman–Crippen LogP) is 6.63. The van der Waals surface area contributed by atoms with Gasteiger partial charge < -0.3 is 9.88 Å². The van der Waals surface area contributed by atoms with Gasteiger partial charge in [0.1, 0.15) is 0 Å². The van der Waals surface area contributed by atoms with Gasteiger partial charge in [0.2, 0.25) is 0 Å². The van der Waals surface area contributed by atoms with Crippen molar-refractivity contribution in [2.24, 2.45) is 11.8 Å². The fraction of sp³-hybridized carbons (Fsp3) is 0.310. The Morgan fingerprint density at radius 1 is 1.11 bits per heavy atom. The average molecular weight is 482 g/mol. The van der Waals surface area contributed by atoms with Gasteiger partial charge in [-0.2, -0.15) is 17.9 Å². The molecule has 3 atom stereocenters. The number of nitriles is 1. The van der Waals surface area contributed by atoms with Gasteiger partial charge in [-0.25, -0.2) is 4.98 Å². The fourth-order valence-corrected chi connectivity index (χ4v) is 5.16. The summed E-state index contributed by atoms with van der Waals surface area (Å²) in [5.74, 6) is 2.02. The van der Waals surface area contributed by atoms with E-state index in [2.05, 4.69) is 71.8 Å². The molecule has 1 aliphatic heterocycles. The normalized spacial score (nSPS) is 14.6. The van der Waals surface area contributed by atoms with Gasteiger partial charge in [-0.1, -0.05) is 32.9 Å². The third kappa shape index (κ3) is 4.49. The van der Waals surface area contributed by atoms with Crippen LogP contribution < -0.4 is 5.32 Å². The van der Waals surface area contributed by atoms with Crippen molar-refractivity contribution in [3.05, 3.63) is 78.2 Å². The Morgan fingerprint density at radius 2 is 1.91 bits per heavy atom. The van der Waals surface area contributed by atoms with Crippen molar-refractivity contribution in [3.8, 4) is 34.4 Å². The molecular formula is C29H31N5S. The largest absolute Gasteiger partial charge is 0.385 e. The lowest BCUT2D eigenvalue weighted by Crippen LogP contribution is -2.25. The van der Waals surface area contributed by atoms with Crippen LogP contribution in [0.25, 0.3) is 28.3 Å². The Balaban J connectivity index is 1.44. The van der Waals surface area contributed by atoms with Gasteiger partial charge in [-0.05, 0) is 65.8 Å². The highest BCUT2D eigenvalue weighted by Gasteiger charge is 2.22. The highest BCUT2D eigenvalue weighted by molar-refractivity contribution is 7.81. The molecule has 3 unspecified atom stereocenters. The summed E-state index contributed by atoms with van der Waals surface area (Å²) in [4.78, 5) is 4.69. The van der Waals surface area contributed by atoms with Gasteiger partial charge in [0.05, 0.1) is 23.0 Å². The van der Waals surface area contributed by atoms with Gasteiger partial charge in [-0.3, -0.25) is 4.57 Å². The van der Waals surface area contributed by atoms with Crippen LogP contribution >= 0.6 is 12.6 Å². The van der Waals surface area contributed by atoms with Crippen LogP contribution in [0.15, 0.2) is 67.1 Å². The summed E-state index contributed by atoms with van der Waals surface area (Å²) in [5.41, 5.74) is 7.52. The summed E-state index contributed by atoms with van der Waals surface area (Å²) in [6.07, 6.45) is 7.17. The zero-order chi connectivity index (χ0) is 24.5. The zero-order valence-electron chi connectivity index (χ0n) is 20.4. The van der Waals surface area contributed by atoms with E-state index in [1.54, 1.807) is 0 Å². The van der Waals surface area contributed by atoms with Gasteiger partial charge in [0, 0.05) is 48.2 Å². The third-order valence-corrected chi connectivity index (χ3v) is 8.18. The minimum Gasteiger partial charge on any atom is -0.385 e. The summed E-state index contributed by atoms with van der Waals surface area (Å²) in [6.45, 7) is 8.48. The number of hydrogen-bond donors (Lipinski definition) is 2. The number of fused-ring (bicyclic) bond motifs is 5. The molecule has 0 amide bonds. The minimum absolute atomic E-state index is 0.427. The Labute approximate surface area is 212 Å². The molecule has 0 fully saturated rings. The van der Waals surface area contributed by atoms with Gasteiger partial charge >= 0.3 is 0 Å². The number of rotatable bonds is 7. The van der Waals surface area contributed by atoms with E-state index in [4.69, 9.17) is 22.9 Å². The van der Waals surface area contributed by atoms with E-state index < -0.39 is 0 Å². The molecule has 2 aromatic carbocycles. The van der Waals surface area contributed by atoms with Crippen LogP contribution in [0, 0.1) is 23.2 Å². The zero-order valence-corrected chi connectivity index (χ0v) is 21.3. The number of aromatic nitrogens is 3. The first-order valence-electron chi connectivity index (χ1n) is 12.3. The molecule has 0 saturated carbocycles. The second-order valence-corrected chi connectivity index (χ2v) is 10.3. The van der Waals surface area contributed by atoms with Crippen LogP contribution in [0.2, 0.25) is 0 Å². The highest BCUT2D eigenvalue weighted by Crippen LogP contribution is 2.35. The predicted molar refractivity (Wildman–Crippen MR) is 146 cm³/mol. The van der Waals surface area contributed by atoms with E-state index in [9.17, 15) is 0 Å². The molecule has 6 heteroatoms. The molecule has 1 N–H and O–H groups in total. The maximum absolute atomic E-state index is 9.12. The van der Waals surface area contributed by atoms with Crippen molar-refractivity contribution in [2.75, 3.05) is 11.9 Å². The molecule has 5 nitrogen and oxygen atoms in total. The monoisotopic (exact) mass is 481 g/mol. The number of imidazole rings is 1. The van der Waals surface area contributed by atoms with Crippen molar-refractivity contribution in [3.63, 3.8) is 0 Å². The van der Waals surface area contributed by atoms with Crippen LogP contribution in [0.1, 0.15) is 38.3 Å².